The van der Waals surface area contributed by atoms with Gasteiger partial charge in [-0.1, -0.05) is 6.07 Å². The summed E-state index contributed by atoms with van der Waals surface area (Å²) in [5, 5.41) is 0. The predicted molar refractivity (Wildman–Crippen MR) is 81.7 cm³/mol. The fraction of sp³-hybridized carbons (Fsp3) is 0.312. The molecule has 0 saturated carbocycles. The summed E-state index contributed by atoms with van der Waals surface area (Å²) in [7, 11) is 1.23. The summed E-state index contributed by atoms with van der Waals surface area (Å²) in [6.45, 7) is 0.0566. The molecule has 2 aliphatic heterocycles. The van der Waals surface area contributed by atoms with Crippen molar-refractivity contribution in [2.45, 2.75) is 12.1 Å². The Morgan fingerprint density at radius 2 is 2.17 bits per heavy atom. The number of ether oxygens (including phenoxy) is 4. The van der Waals surface area contributed by atoms with Crippen molar-refractivity contribution in [1.82, 2.24) is 0 Å². The lowest BCUT2D eigenvalue weighted by Gasteiger charge is -2.15. The molecule has 2 atom stereocenters. The highest BCUT2D eigenvalue weighted by Gasteiger charge is 2.29. The molecule has 0 radical (unpaired) electrons. The third kappa shape index (κ3) is 3.38. The van der Waals surface area contributed by atoms with E-state index in [0.29, 0.717) is 17.1 Å². The van der Waals surface area contributed by atoms with Crippen LogP contribution in [0, 0.1) is 0 Å². The van der Waals surface area contributed by atoms with Gasteiger partial charge in [0.05, 0.1) is 7.11 Å². The molecular formula is C16H17N2O6+. The van der Waals surface area contributed by atoms with Crippen molar-refractivity contribution in [2.75, 3.05) is 20.4 Å². The largest absolute Gasteiger partial charge is 0.466 e. The van der Waals surface area contributed by atoms with E-state index in [-0.39, 0.29) is 19.4 Å². The number of hydrogen-bond donors (Lipinski definition) is 1. The lowest BCUT2D eigenvalue weighted by Crippen LogP contribution is -2.27. The van der Waals surface area contributed by atoms with Crippen LogP contribution in [0.15, 0.2) is 30.5 Å². The maximum atomic E-state index is 12.1. The number of methoxy groups -OCH3 is 1. The molecule has 0 amide bonds. The van der Waals surface area contributed by atoms with Gasteiger partial charge in [-0.3, -0.25) is 0 Å². The molecule has 8 heteroatoms. The second kappa shape index (κ2) is 6.71. The number of fused-ring (bicyclic) bond motifs is 1. The smallest absolute Gasteiger partial charge is 0.373 e. The summed E-state index contributed by atoms with van der Waals surface area (Å²) in [6, 6.07) is 4.63. The average Bonchev–Trinajstić information content (AvgIpc) is 3.19. The van der Waals surface area contributed by atoms with E-state index in [1.807, 2.05) is 0 Å². The first-order valence-corrected chi connectivity index (χ1v) is 7.28. The fourth-order valence-corrected chi connectivity index (χ4v) is 2.39. The molecule has 8 nitrogen and oxygen atoms in total. The molecule has 0 bridgehead atoms. The molecule has 126 valence electrons. The van der Waals surface area contributed by atoms with Crippen LogP contribution in [0.1, 0.15) is 11.7 Å². The van der Waals surface area contributed by atoms with Crippen LogP contribution in [0.5, 0.6) is 11.5 Å². The van der Waals surface area contributed by atoms with E-state index < -0.39 is 18.0 Å². The normalized spacial score (nSPS) is 18.9. The fourth-order valence-electron chi connectivity index (χ4n) is 2.39. The van der Waals surface area contributed by atoms with Gasteiger partial charge in [-0.25, -0.2) is 9.59 Å². The molecule has 0 aromatic heterocycles. The Morgan fingerprint density at radius 3 is 2.88 bits per heavy atom. The summed E-state index contributed by atoms with van der Waals surface area (Å²) < 4.78 is 22.1. The van der Waals surface area contributed by atoms with Crippen molar-refractivity contribution in [2.24, 2.45) is 5.73 Å². The molecule has 0 aliphatic carbocycles. The zero-order chi connectivity index (χ0) is 17.1. The standard InChI is InChI=1S/C16H17N2O6/c1-21-16(20)15(10-2-3-12-13(6-10)23-9-22-12)24-14(19)8-18-5-4-11(17)7-18/h2-7,11,15H,8-9,17H2,1H3/q+1. The number of benzene rings is 1. The number of nitrogens with zero attached hydrogens (tertiary/aromatic N) is 1. The maximum absolute atomic E-state index is 12.1. The third-order valence-corrected chi connectivity index (χ3v) is 3.54. The molecule has 0 saturated heterocycles. The quantitative estimate of drug-likeness (QED) is 0.603. The minimum absolute atomic E-state index is 0.0533. The van der Waals surface area contributed by atoms with Gasteiger partial charge in [0.1, 0.15) is 6.04 Å². The third-order valence-electron chi connectivity index (χ3n) is 3.54. The Hall–Kier alpha value is -2.87. The first-order chi connectivity index (χ1) is 11.6. The SMILES string of the molecule is COC(=O)C(OC(=O)C[N+]1=CC(N)C=C1)c1ccc2c(c1)OCO2. The average molecular weight is 333 g/mol. The highest BCUT2D eigenvalue weighted by molar-refractivity contribution is 5.81. The van der Waals surface area contributed by atoms with Crippen molar-refractivity contribution in [3.63, 3.8) is 0 Å². The van der Waals surface area contributed by atoms with Gasteiger partial charge in [-0.05, 0) is 12.1 Å². The molecule has 1 aromatic rings. The second-order valence-electron chi connectivity index (χ2n) is 5.25. The molecule has 2 heterocycles. The van der Waals surface area contributed by atoms with Crippen molar-refractivity contribution < 1.29 is 33.1 Å². The lowest BCUT2D eigenvalue weighted by atomic mass is 10.1. The zero-order valence-electron chi connectivity index (χ0n) is 13.0. The predicted octanol–water partition coefficient (Wildman–Crippen LogP) is 0.110. The van der Waals surface area contributed by atoms with Gasteiger partial charge in [0.25, 0.3) is 0 Å². The summed E-state index contributed by atoms with van der Waals surface area (Å²) in [5.41, 5.74) is 6.12. The van der Waals surface area contributed by atoms with E-state index >= 15 is 0 Å². The Bertz CT molecular complexity index is 727. The summed E-state index contributed by atoms with van der Waals surface area (Å²) in [4.78, 5) is 24.1. The van der Waals surface area contributed by atoms with Gasteiger partial charge >= 0.3 is 11.9 Å². The summed E-state index contributed by atoms with van der Waals surface area (Å²) >= 11 is 0. The van der Waals surface area contributed by atoms with Crippen LogP contribution in [0.2, 0.25) is 0 Å². The maximum Gasteiger partial charge on any atom is 0.373 e. The van der Waals surface area contributed by atoms with Gasteiger partial charge in [-0.15, -0.1) is 0 Å². The van der Waals surface area contributed by atoms with Crippen molar-refractivity contribution in [3.8, 4) is 11.5 Å². The molecule has 2 N–H and O–H groups in total. The molecule has 24 heavy (non-hydrogen) atoms. The van der Waals surface area contributed by atoms with Crippen LogP contribution in [0.3, 0.4) is 0 Å². The summed E-state index contributed by atoms with van der Waals surface area (Å²) in [5.74, 6) is -0.211. The van der Waals surface area contributed by atoms with Crippen molar-refractivity contribution >= 4 is 18.2 Å². The van der Waals surface area contributed by atoms with E-state index in [2.05, 4.69) is 0 Å². The lowest BCUT2D eigenvalue weighted by molar-refractivity contribution is -0.440. The van der Waals surface area contributed by atoms with Crippen LogP contribution in [-0.4, -0.2) is 49.2 Å². The molecular weight excluding hydrogens is 316 g/mol. The number of hydrogen-bond acceptors (Lipinski definition) is 7. The van der Waals surface area contributed by atoms with Crippen LogP contribution in [0.25, 0.3) is 0 Å². The van der Waals surface area contributed by atoms with Crippen molar-refractivity contribution in [3.05, 3.63) is 36.0 Å². The molecule has 2 aliphatic rings. The number of rotatable bonds is 5. The van der Waals surface area contributed by atoms with Gasteiger partial charge in [0.15, 0.2) is 23.9 Å². The number of carbonyl (C=O) groups excluding carboxylic acids is 2. The number of carbonyl (C=O) groups is 2. The molecule has 0 spiro atoms. The van der Waals surface area contributed by atoms with Gasteiger partial charge in [0.2, 0.25) is 19.4 Å². The Kier molecular flexibility index (Phi) is 4.48. The van der Waals surface area contributed by atoms with Gasteiger partial charge < -0.3 is 24.7 Å². The monoisotopic (exact) mass is 333 g/mol. The van der Waals surface area contributed by atoms with Gasteiger partial charge in [-0.2, -0.15) is 4.58 Å². The van der Waals surface area contributed by atoms with E-state index in [4.69, 9.17) is 24.7 Å². The second-order valence-corrected chi connectivity index (χ2v) is 5.25. The molecule has 1 aromatic carbocycles. The topological polar surface area (TPSA) is 100 Å². The number of nitrogens with two attached hydrogens (primary N) is 1. The minimum Gasteiger partial charge on any atom is -0.466 e. The first-order valence-electron chi connectivity index (χ1n) is 7.28. The Balaban J connectivity index is 1.75. The Morgan fingerprint density at radius 1 is 1.38 bits per heavy atom. The van der Waals surface area contributed by atoms with Gasteiger partial charge in [0, 0.05) is 11.6 Å². The summed E-state index contributed by atoms with van der Waals surface area (Å²) in [6.07, 6.45) is 3.91. The molecule has 0 fully saturated rings. The molecule has 3 rings (SSSR count). The van der Waals surface area contributed by atoms with Crippen LogP contribution < -0.4 is 15.2 Å². The Labute approximate surface area is 138 Å². The highest BCUT2D eigenvalue weighted by Crippen LogP contribution is 2.35. The van der Waals surface area contributed by atoms with E-state index in [1.54, 1.807) is 41.3 Å². The van der Waals surface area contributed by atoms with Crippen LogP contribution in [-0.2, 0) is 19.1 Å². The van der Waals surface area contributed by atoms with E-state index in [0.717, 1.165) is 0 Å². The minimum atomic E-state index is -1.18. The van der Waals surface area contributed by atoms with Crippen molar-refractivity contribution in [1.29, 1.82) is 0 Å². The van der Waals surface area contributed by atoms with Crippen LogP contribution in [0.4, 0.5) is 0 Å². The zero-order valence-corrected chi connectivity index (χ0v) is 13.0. The number of esters is 2. The van der Waals surface area contributed by atoms with E-state index in [1.165, 1.54) is 7.11 Å². The first kappa shape index (κ1) is 16.0. The highest BCUT2D eigenvalue weighted by atomic mass is 16.7. The van der Waals surface area contributed by atoms with E-state index in [9.17, 15) is 9.59 Å². The van der Waals surface area contributed by atoms with Crippen LogP contribution >= 0.6 is 0 Å². The molecule has 2 unspecified atom stereocenters.